The third-order valence-electron chi connectivity index (χ3n) is 3.65. The number of methoxy groups -OCH3 is 1. The molecule has 0 amide bonds. The number of thiazole rings is 1. The van der Waals surface area contributed by atoms with Crippen LogP contribution in [0.15, 0.2) is 64.0 Å². The molecule has 0 fully saturated rings. The molecule has 10 heteroatoms. The molecule has 2 heterocycles. The Labute approximate surface area is 185 Å². The van der Waals surface area contributed by atoms with Crippen LogP contribution in [0.2, 0.25) is 0 Å². The highest BCUT2D eigenvalue weighted by molar-refractivity contribution is 8.14. The van der Waals surface area contributed by atoms with Crippen molar-refractivity contribution in [3.63, 3.8) is 0 Å². The number of benzene rings is 1. The van der Waals surface area contributed by atoms with Crippen molar-refractivity contribution < 1.29 is 18.3 Å². The lowest BCUT2D eigenvalue weighted by atomic mass is 10.2. The van der Waals surface area contributed by atoms with E-state index >= 15 is 0 Å². The number of ether oxygens (including phenoxy) is 1. The molecule has 154 valence electrons. The molecule has 0 spiro atoms. The van der Waals surface area contributed by atoms with Gasteiger partial charge in [0.2, 0.25) is 5.89 Å². The van der Waals surface area contributed by atoms with Crippen LogP contribution in [0.4, 0.5) is 4.39 Å². The van der Waals surface area contributed by atoms with Crippen LogP contribution in [0.25, 0.3) is 22.2 Å². The number of alkyl halides is 1. The number of thioether (sulfide) groups is 1. The molecular formula is C20H15ClFN3O3S2. The summed E-state index contributed by atoms with van der Waals surface area (Å²) in [6.07, 6.45) is 4.67. The average Bonchev–Trinajstić information content (AvgIpc) is 3.39. The van der Waals surface area contributed by atoms with Crippen LogP contribution in [0.3, 0.4) is 0 Å². The third-order valence-corrected chi connectivity index (χ3v) is 5.64. The van der Waals surface area contributed by atoms with E-state index in [9.17, 15) is 9.18 Å². The van der Waals surface area contributed by atoms with E-state index in [1.807, 2.05) is 0 Å². The van der Waals surface area contributed by atoms with Gasteiger partial charge in [-0.25, -0.2) is 19.2 Å². The number of carbonyl (C=O) groups excluding carboxylic acids is 1. The van der Waals surface area contributed by atoms with Crippen LogP contribution < -0.4 is 0 Å². The van der Waals surface area contributed by atoms with Gasteiger partial charge in [-0.1, -0.05) is 12.2 Å². The number of rotatable bonds is 7. The Balaban J connectivity index is 1.98. The minimum Gasteiger partial charge on any atom is -0.464 e. The molecular weight excluding hydrogens is 449 g/mol. The van der Waals surface area contributed by atoms with Crippen molar-refractivity contribution in [3.05, 3.63) is 66.0 Å². The summed E-state index contributed by atoms with van der Waals surface area (Å²) >= 11 is 8.15. The molecule has 6 nitrogen and oxygen atoms in total. The summed E-state index contributed by atoms with van der Waals surface area (Å²) in [5, 5.41) is 10.2. The number of halogens is 2. The standard InChI is InChI=1S/C20H15ClFN3O3S2/c1-3-12(21)6-9-15(23)30-20-16(18-24-14(10-29-18)19(26)27-2)25-17(28-20)11-4-7-13(22)8-5-11/h3-10,12,23H,1H2,2H3/b9-6-,23-15?. The molecule has 1 unspecified atom stereocenters. The molecule has 0 aliphatic heterocycles. The number of allylic oxidation sites excluding steroid dienone is 2. The number of aromatic nitrogens is 2. The van der Waals surface area contributed by atoms with Crippen LogP contribution in [0.5, 0.6) is 0 Å². The summed E-state index contributed by atoms with van der Waals surface area (Å²) in [6.45, 7) is 3.58. The van der Waals surface area contributed by atoms with Gasteiger partial charge in [-0.2, -0.15) is 0 Å². The SMILES string of the molecule is C=CC(Cl)/C=C\C(=N)Sc1oc(-c2ccc(F)cc2)nc1-c1nc(C(=O)OC)cs1. The fourth-order valence-electron chi connectivity index (χ4n) is 2.20. The first-order valence-corrected chi connectivity index (χ1v) is 10.6. The van der Waals surface area contributed by atoms with Gasteiger partial charge in [0, 0.05) is 10.9 Å². The topological polar surface area (TPSA) is 89.1 Å². The van der Waals surface area contributed by atoms with Crippen molar-refractivity contribution in [1.82, 2.24) is 9.97 Å². The Hall–Kier alpha value is -2.75. The fraction of sp³-hybridized carbons (Fsp3) is 0.100. The van der Waals surface area contributed by atoms with E-state index < -0.39 is 11.3 Å². The second kappa shape index (κ2) is 9.84. The van der Waals surface area contributed by atoms with Crippen LogP contribution in [-0.4, -0.2) is 33.5 Å². The third kappa shape index (κ3) is 5.24. The first-order valence-electron chi connectivity index (χ1n) is 8.43. The van der Waals surface area contributed by atoms with Crippen molar-refractivity contribution >= 4 is 45.7 Å². The van der Waals surface area contributed by atoms with Gasteiger partial charge in [-0.3, -0.25) is 5.41 Å². The molecule has 1 N–H and O–H groups in total. The van der Waals surface area contributed by atoms with E-state index in [-0.39, 0.29) is 22.4 Å². The van der Waals surface area contributed by atoms with Gasteiger partial charge in [-0.15, -0.1) is 29.5 Å². The van der Waals surface area contributed by atoms with E-state index in [0.717, 1.165) is 11.8 Å². The highest BCUT2D eigenvalue weighted by Gasteiger charge is 2.22. The van der Waals surface area contributed by atoms with Crippen molar-refractivity contribution in [2.45, 2.75) is 10.5 Å². The Morgan fingerprint density at radius 3 is 2.80 bits per heavy atom. The molecule has 0 radical (unpaired) electrons. The van der Waals surface area contributed by atoms with Crippen molar-refractivity contribution in [1.29, 1.82) is 5.41 Å². The lowest BCUT2D eigenvalue weighted by Crippen LogP contribution is -2.01. The number of hydrogen-bond donors (Lipinski definition) is 1. The molecule has 0 aliphatic rings. The second-order valence-electron chi connectivity index (χ2n) is 5.70. The summed E-state index contributed by atoms with van der Waals surface area (Å²) in [5.41, 5.74) is 1.07. The van der Waals surface area contributed by atoms with E-state index in [2.05, 4.69) is 21.3 Å². The zero-order valence-corrected chi connectivity index (χ0v) is 18.0. The molecule has 0 aliphatic carbocycles. The van der Waals surface area contributed by atoms with Crippen LogP contribution in [-0.2, 0) is 4.74 Å². The van der Waals surface area contributed by atoms with Gasteiger partial charge in [0.25, 0.3) is 0 Å². The predicted molar refractivity (Wildman–Crippen MR) is 117 cm³/mol. The molecule has 30 heavy (non-hydrogen) atoms. The van der Waals surface area contributed by atoms with Crippen LogP contribution in [0.1, 0.15) is 10.5 Å². The summed E-state index contributed by atoms with van der Waals surface area (Å²) in [5.74, 6) is -0.713. The maximum absolute atomic E-state index is 13.3. The molecule has 1 aromatic carbocycles. The number of nitrogens with zero attached hydrogens (tertiary/aromatic N) is 2. The number of hydrogen-bond acceptors (Lipinski definition) is 8. The summed E-state index contributed by atoms with van der Waals surface area (Å²) in [6, 6.07) is 5.67. The highest BCUT2D eigenvalue weighted by Crippen LogP contribution is 2.37. The van der Waals surface area contributed by atoms with Gasteiger partial charge >= 0.3 is 5.97 Å². The lowest BCUT2D eigenvalue weighted by molar-refractivity contribution is 0.0595. The normalized spacial score (nSPS) is 12.1. The van der Waals surface area contributed by atoms with Gasteiger partial charge in [0.05, 0.1) is 17.5 Å². The molecule has 0 saturated heterocycles. The number of carbonyl (C=O) groups is 1. The van der Waals surface area contributed by atoms with E-state index in [1.54, 1.807) is 11.5 Å². The van der Waals surface area contributed by atoms with Gasteiger partial charge in [0.1, 0.15) is 10.8 Å². The maximum Gasteiger partial charge on any atom is 0.357 e. The van der Waals surface area contributed by atoms with E-state index in [4.69, 9.17) is 21.4 Å². The smallest absolute Gasteiger partial charge is 0.357 e. The minimum absolute atomic E-state index is 0.144. The van der Waals surface area contributed by atoms with Gasteiger partial charge in [0.15, 0.2) is 16.5 Å². The molecule has 0 bridgehead atoms. The number of nitrogens with one attached hydrogen (secondary N) is 1. The first-order chi connectivity index (χ1) is 14.4. The lowest BCUT2D eigenvalue weighted by Gasteiger charge is -1.98. The quantitative estimate of drug-likeness (QED) is 0.119. The monoisotopic (exact) mass is 463 g/mol. The second-order valence-corrected chi connectivity index (χ2v) is 8.07. The molecule has 3 aromatic rings. The summed E-state index contributed by atoms with van der Waals surface area (Å²) < 4.78 is 23.8. The van der Waals surface area contributed by atoms with Gasteiger partial charge in [-0.05, 0) is 42.1 Å². The van der Waals surface area contributed by atoms with Crippen LogP contribution >= 0.6 is 34.7 Å². The summed E-state index contributed by atoms with van der Waals surface area (Å²) in [7, 11) is 1.27. The van der Waals surface area contributed by atoms with E-state index in [0.29, 0.717) is 21.4 Å². The Morgan fingerprint density at radius 2 is 2.13 bits per heavy atom. The van der Waals surface area contributed by atoms with E-state index in [1.165, 1.54) is 54.9 Å². The zero-order chi connectivity index (χ0) is 21.7. The number of esters is 1. The van der Waals surface area contributed by atoms with Crippen LogP contribution in [0, 0.1) is 11.2 Å². The Bertz CT molecular complexity index is 1110. The zero-order valence-electron chi connectivity index (χ0n) is 15.6. The summed E-state index contributed by atoms with van der Waals surface area (Å²) in [4.78, 5) is 20.4. The average molecular weight is 464 g/mol. The number of oxazole rings is 1. The fourth-order valence-corrected chi connectivity index (χ4v) is 3.82. The highest BCUT2D eigenvalue weighted by atomic mass is 35.5. The molecule has 1 atom stereocenters. The Morgan fingerprint density at radius 1 is 1.40 bits per heavy atom. The first kappa shape index (κ1) is 21.9. The van der Waals surface area contributed by atoms with Crippen molar-refractivity contribution in [2.75, 3.05) is 7.11 Å². The van der Waals surface area contributed by atoms with Crippen molar-refractivity contribution in [3.8, 4) is 22.2 Å². The Kier molecular flexibility index (Phi) is 7.20. The minimum atomic E-state index is -0.567. The largest absolute Gasteiger partial charge is 0.464 e. The predicted octanol–water partition coefficient (Wildman–Crippen LogP) is 5.81. The maximum atomic E-state index is 13.3. The van der Waals surface area contributed by atoms with Gasteiger partial charge < -0.3 is 9.15 Å². The molecule has 2 aromatic heterocycles. The molecule has 3 rings (SSSR count). The van der Waals surface area contributed by atoms with Crippen molar-refractivity contribution in [2.24, 2.45) is 0 Å². The molecule has 0 saturated carbocycles.